The maximum absolute atomic E-state index is 14.2. The summed E-state index contributed by atoms with van der Waals surface area (Å²) >= 11 is 6.46. The van der Waals surface area contributed by atoms with Gasteiger partial charge in [-0.3, -0.25) is 9.52 Å². The molecule has 0 aromatic heterocycles. The van der Waals surface area contributed by atoms with Crippen molar-refractivity contribution in [3.8, 4) is 5.75 Å². The Morgan fingerprint density at radius 1 is 1.19 bits per heavy atom. The van der Waals surface area contributed by atoms with Crippen LogP contribution in [-0.2, 0) is 31.0 Å². The van der Waals surface area contributed by atoms with Gasteiger partial charge in [0.1, 0.15) is 5.75 Å². The molecule has 0 saturated heterocycles. The van der Waals surface area contributed by atoms with Crippen molar-refractivity contribution in [2.24, 2.45) is 23.7 Å². The molecule has 2 bridgehead atoms. The van der Waals surface area contributed by atoms with Crippen LogP contribution in [0, 0.1) is 23.7 Å². The van der Waals surface area contributed by atoms with Crippen LogP contribution in [0.2, 0.25) is 5.02 Å². The second-order valence-corrected chi connectivity index (χ2v) is 17.3. The maximum Gasteiger partial charge on any atom is 0.262 e. The number of methoxy groups -OCH3 is 1. The molecule has 1 saturated carbocycles. The summed E-state index contributed by atoms with van der Waals surface area (Å²) in [6.45, 7) is 9.44. The van der Waals surface area contributed by atoms with Crippen molar-refractivity contribution in [3.05, 3.63) is 70.3 Å². The molecular weight excluding hydrogens is 632 g/mol. The van der Waals surface area contributed by atoms with E-state index in [0.29, 0.717) is 37.2 Å². The highest BCUT2D eigenvalue weighted by atomic mass is 35.5. The van der Waals surface area contributed by atoms with E-state index in [2.05, 4.69) is 60.5 Å². The zero-order valence-electron chi connectivity index (χ0n) is 28.3. The SMILES string of the molecule is C=S1(=O)NC(=O)c2ccc3c(c2)N(C[C@@H]2CC[C@H]2[C@@H](OCCOC)/C=C/C[C@H](C)[C@H]1C(C)C)C[C@@]1(CCCc2cc(Cl)ccc21)CO3. The molecule has 9 heteroatoms. The van der Waals surface area contributed by atoms with E-state index >= 15 is 0 Å². The van der Waals surface area contributed by atoms with Gasteiger partial charge in [0.25, 0.3) is 5.91 Å². The monoisotopic (exact) mass is 682 g/mol. The third-order valence-electron chi connectivity index (χ3n) is 11.0. The number of halogens is 1. The predicted molar refractivity (Wildman–Crippen MR) is 192 cm³/mol. The van der Waals surface area contributed by atoms with Crippen molar-refractivity contribution in [1.82, 2.24) is 4.72 Å². The van der Waals surface area contributed by atoms with Gasteiger partial charge in [-0.05, 0) is 110 Å². The number of carbonyl (C=O) groups excluding carboxylic acids is 1. The smallest absolute Gasteiger partial charge is 0.262 e. The Kier molecular flexibility index (Phi) is 10.3. The Balaban J connectivity index is 1.42. The fourth-order valence-corrected chi connectivity index (χ4v) is 11.2. The maximum atomic E-state index is 14.2. The largest absolute Gasteiger partial charge is 0.490 e. The van der Waals surface area contributed by atoms with Gasteiger partial charge in [-0.25, -0.2) is 4.21 Å². The summed E-state index contributed by atoms with van der Waals surface area (Å²) in [6.07, 6.45) is 10.4. The average Bonchev–Trinajstić information content (AvgIpc) is 3.15. The van der Waals surface area contributed by atoms with Crippen molar-refractivity contribution in [2.45, 2.75) is 76.1 Å². The first-order valence-corrected chi connectivity index (χ1v) is 19.4. The number of hydrogen-bond donors (Lipinski definition) is 1. The van der Waals surface area contributed by atoms with Crippen molar-refractivity contribution in [1.29, 1.82) is 0 Å². The van der Waals surface area contributed by atoms with Gasteiger partial charge in [0, 0.05) is 36.2 Å². The molecule has 2 aliphatic heterocycles. The van der Waals surface area contributed by atoms with Crippen LogP contribution >= 0.6 is 11.6 Å². The molecule has 2 aliphatic carbocycles. The van der Waals surface area contributed by atoms with Gasteiger partial charge in [0.05, 0.1) is 46.6 Å². The third-order valence-corrected chi connectivity index (χ3v) is 13.7. The van der Waals surface area contributed by atoms with E-state index in [9.17, 15) is 9.00 Å². The number of amides is 1. The lowest BCUT2D eigenvalue weighted by Gasteiger charge is -2.46. The third kappa shape index (κ3) is 7.12. The van der Waals surface area contributed by atoms with Gasteiger partial charge < -0.3 is 19.1 Å². The predicted octanol–water partition coefficient (Wildman–Crippen LogP) is 6.85. The summed E-state index contributed by atoms with van der Waals surface area (Å²) in [5.74, 6) is 5.40. The first kappa shape index (κ1) is 34.3. The standard InChI is InChI=1S/C38H51ClN2O5S/c1-25(2)36-26(3)8-6-10-34(45-19-18-44-4)31-14-11-29(31)22-41-23-38(17-7-9-27-20-30(39)13-15-32(27)38)24-46-35-16-12-28(21-33(35)41)37(42)40-47(36,5)43/h6,10,12-13,15-16,20-21,25-26,29,31,34,36H,5,7-9,11,14,17-19,22-24H2,1-4H3,(H,40,42,43)/b10-6+/t26-,29-,31+,34-,36+,38-,47?/m0/s1. The number of hydrogen-bond acceptors (Lipinski definition) is 6. The number of ether oxygens (including phenoxy) is 3. The molecule has 47 heavy (non-hydrogen) atoms. The van der Waals surface area contributed by atoms with Crippen molar-refractivity contribution in [2.75, 3.05) is 44.9 Å². The van der Waals surface area contributed by atoms with Gasteiger partial charge >= 0.3 is 0 Å². The van der Waals surface area contributed by atoms with E-state index < -0.39 is 9.71 Å². The number of benzene rings is 2. The first-order valence-electron chi connectivity index (χ1n) is 17.3. The van der Waals surface area contributed by atoms with Crippen molar-refractivity contribution >= 4 is 38.8 Å². The van der Waals surface area contributed by atoms with Crippen LogP contribution in [0.4, 0.5) is 5.69 Å². The fourth-order valence-electron chi connectivity index (χ4n) is 8.70. The first-order chi connectivity index (χ1) is 22.5. The van der Waals surface area contributed by atoms with E-state index in [1.165, 1.54) is 11.1 Å². The van der Waals surface area contributed by atoms with E-state index in [1.54, 1.807) is 13.2 Å². The number of fused-ring (bicyclic) bond motifs is 4. The molecule has 7 nitrogen and oxygen atoms in total. The Labute approximate surface area is 286 Å². The highest BCUT2D eigenvalue weighted by molar-refractivity contribution is 7.99. The van der Waals surface area contributed by atoms with Crippen LogP contribution in [0.1, 0.15) is 74.4 Å². The number of nitrogens with zero attached hydrogens (tertiary/aromatic N) is 1. The molecule has 2 aromatic rings. The summed E-state index contributed by atoms with van der Waals surface area (Å²) in [4.78, 5) is 16.3. The minimum absolute atomic E-state index is 0.0362. The van der Waals surface area contributed by atoms with E-state index in [1.807, 2.05) is 18.2 Å². The normalized spacial score (nSPS) is 33.2. The van der Waals surface area contributed by atoms with Crippen LogP contribution in [0.25, 0.3) is 0 Å². The van der Waals surface area contributed by atoms with Crippen LogP contribution in [0.3, 0.4) is 0 Å². The van der Waals surface area contributed by atoms with Gasteiger partial charge in [-0.1, -0.05) is 50.6 Å². The average molecular weight is 683 g/mol. The zero-order chi connectivity index (χ0) is 33.3. The second-order valence-electron chi connectivity index (χ2n) is 14.6. The molecule has 1 spiro atoms. The van der Waals surface area contributed by atoms with Gasteiger partial charge in [0.2, 0.25) is 0 Å². The molecule has 6 rings (SSSR count). The number of anilines is 1. The molecule has 2 aromatic carbocycles. The van der Waals surface area contributed by atoms with Gasteiger partial charge in [0.15, 0.2) is 0 Å². The molecule has 1 fully saturated rings. The number of carbonyl (C=O) groups is 1. The number of allylic oxidation sites excluding steroid dienone is 1. The van der Waals surface area contributed by atoms with Gasteiger partial charge in [-0.2, -0.15) is 0 Å². The molecule has 1 unspecified atom stereocenters. The summed E-state index contributed by atoms with van der Waals surface area (Å²) in [5, 5.41) is 0.467. The summed E-state index contributed by atoms with van der Waals surface area (Å²) in [6, 6.07) is 11.9. The van der Waals surface area contributed by atoms with Crippen LogP contribution < -0.4 is 14.4 Å². The van der Waals surface area contributed by atoms with E-state index in [-0.39, 0.29) is 34.5 Å². The quantitative estimate of drug-likeness (QED) is 0.211. The van der Waals surface area contributed by atoms with Gasteiger partial charge in [-0.15, -0.1) is 0 Å². The molecule has 1 amide bonds. The highest BCUT2D eigenvalue weighted by Crippen LogP contribution is 2.47. The van der Waals surface area contributed by atoms with E-state index in [4.69, 9.17) is 25.8 Å². The molecule has 1 N–H and O–H groups in total. The summed E-state index contributed by atoms with van der Waals surface area (Å²) in [7, 11) is -1.27. The molecule has 4 aliphatic rings. The van der Waals surface area contributed by atoms with Crippen LogP contribution in [0.15, 0.2) is 48.6 Å². The number of rotatable bonds is 5. The number of nitrogens with one attached hydrogen (secondary N) is 1. The second kappa shape index (κ2) is 14.1. The zero-order valence-corrected chi connectivity index (χ0v) is 29.9. The molecule has 0 radical (unpaired) electrons. The van der Waals surface area contributed by atoms with Crippen molar-refractivity contribution in [3.63, 3.8) is 0 Å². The Hall–Kier alpha value is -2.52. The molecular formula is C38H51ClN2O5S. The molecule has 2 heterocycles. The molecule has 256 valence electrons. The lowest BCUT2D eigenvalue weighted by Crippen LogP contribution is -2.49. The number of aryl methyl sites for hydroxylation is 1. The van der Waals surface area contributed by atoms with E-state index in [0.717, 1.165) is 68.1 Å². The highest BCUT2D eigenvalue weighted by Gasteiger charge is 2.44. The van der Waals surface area contributed by atoms with Crippen molar-refractivity contribution < 1.29 is 23.2 Å². The topological polar surface area (TPSA) is 77.1 Å². The Morgan fingerprint density at radius 2 is 2.02 bits per heavy atom. The summed E-state index contributed by atoms with van der Waals surface area (Å²) in [5.41, 5.74) is 3.77. The lowest BCUT2D eigenvalue weighted by molar-refractivity contribution is -0.0309. The minimum Gasteiger partial charge on any atom is -0.490 e. The fraction of sp³-hybridized carbons (Fsp3) is 0.579. The molecule has 7 atom stereocenters. The summed E-state index contributed by atoms with van der Waals surface area (Å²) < 4.78 is 35.6. The Bertz CT molecular complexity index is 1590. The van der Waals surface area contributed by atoms with Crippen LogP contribution in [-0.4, -0.2) is 67.4 Å². The lowest BCUT2D eigenvalue weighted by atomic mass is 9.68. The minimum atomic E-state index is -2.97. The Morgan fingerprint density at radius 3 is 2.77 bits per heavy atom. The van der Waals surface area contributed by atoms with Crippen LogP contribution in [0.5, 0.6) is 5.75 Å².